The molecule has 43 heavy (non-hydrogen) atoms. The lowest BCUT2D eigenvalue weighted by atomic mass is 9.36. The van der Waals surface area contributed by atoms with Gasteiger partial charge < -0.3 is 29.9 Å². The highest BCUT2D eigenvalue weighted by Gasteiger charge is 2.66. The van der Waals surface area contributed by atoms with E-state index in [1.807, 2.05) is 13.0 Å². The van der Waals surface area contributed by atoms with Crippen molar-refractivity contribution in [3.8, 4) is 0 Å². The Morgan fingerprint density at radius 2 is 1.72 bits per heavy atom. The quantitative estimate of drug-likeness (QED) is 0.298. The zero-order chi connectivity index (χ0) is 31.8. The lowest BCUT2D eigenvalue weighted by Gasteiger charge is -2.69. The van der Waals surface area contributed by atoms with E-state index in [4.69, 9.17) is 9.47 Å². The molecule has 1 heterocycles. The smallest absolute Gasteiger partial charge is 0.313 e. The second kappa shape index (κ2) is 11.0. The number of carboxylic acid groups (broad SMARTS) is 1. The molecule has 0 aromatic carbocycles. The second-order valence-electron chi connectivity index (χ2n) is 16.0. The number of rotatable bonds is 7. The number of carbonyl (C=O) groups is 2. The number of ketones is 1. The molecule has 12 atom stereocenters. The summed E-state index contributed by atoms with van der Waals surface area (Å²) in [5, 5.41) is 41.1. The number of fused-ring (bicyclic) bond motifs is 5. The van der Waals surface area contributed by atoms with E-state index in [1.54, 1.807) is 6.92 Å². The zero-order valence-electron chi connectivity index (χ0n) is 27.1. The van der Waals surface area contributed by atoms with Crippen LogP contribution in [0.4, 0.5) is 0 Å². The van der Waals surface area contributed by atoms with Gasteiger partial charge in [0.25, 0.3) is 0 Å². The fourth-order valence-electron chi connectivity index (χ4n) is 10.2. The minimum Gasteiger partial charge on any atom is -0.481 e. The lowest BCUT2D eigenvalue weighted by Crippen LogP contribution is -2.64. The summed E-state index contributed by atoms with van der Waals surface area (Å²) in [5.74, 6) is -0.169. The molecule has 0 amide bonds. The summed E-state index contributed by atoms with van der Waals surface area (Å²) in [5.41, 5.74) is -0.218. The Hall–Kier alpha value is -1.58. The largest absolute Gasteiger partial charge is 0.481 e. The fourth-order valence-corrected chi connectivity index (χ4v) is 10.2. The predicted octanol–water partition coefficient (Wildman–Crippen LogP) is 5.04. The first kappa shape index (κ1) is 32.8. The minimum atomic E-state index is -1.30. The molecule has 0 bridgehead atoms. The molecule has 0 spiro atoms. The van der Waals surface area contributed by atoms with Crippen molar-refractivity contribution in [3.05, 3.63) is 23.8 Å². The number of ether oxygens (including phenoxy) is 2. The van der Waals surface area contributed by atoms with Gasteiger partial charge in [0.2, 0.25) is 0 Å². The van der Waals surface area contributed by atoms with Crippen LogP contribution in [0.25, 0.3) is 0 Å². The zero-order valence-corrected chi connectivity index (χ0v) is 27.1. The summed E-state index contributed by atoms with van der Waals surface area (Å²) in [6, 6.07) is 0. The maximum Gasteiger partial charge on any atom is 0.313 e. The van der Waals surface area contributed by atoms with Crippen molar-refractivity contribution >= 4 is 11.8 Å². The van der Waals surface area contributed by atoms with Crippen molar-refractivity contribution in [2.75, 3.05) is 6.61 Å². The first-order valence-electron chi connectivity index (χ1n) is 16.4. The minimum absolute atomic E-state index is 0.00139. The summed E-state index contributed by atoms with van der Waals surface area (Å²) in [6.45, 7) is 15.1. The lowest BCUT2D eigenvalue weighted by molar-refractivity contribution is -0.306. The van der Waals surface area contributed by atoms with Gasteiger partial charge >= 0.3 is 5.97 Å². The molecule has 4 aliphatic carbocycles. The van der Waals surface area contributed by atoms with E-state index in [-0.39, 0.29) is 46.1 Å². The van der Waals surface area contributed by atoms with Gasteiger partial charge in [-0.2, -0.15) is 0 Å². The summed E-state index contributed by atoms with van der Waals surface area (Å²) in [4.78, 5) is 24.6. The predicted molar refractivity (Wildman–Crippen MR) is 162 cm³/mol. The number of carbonyl (C=O) groups excluding carboxylic acids is 1. The Morgan fingerprint density at radius 1 is 1.02 bits per heavy atom. The van der Waals surface area contributed by atoms with Crippen LogP contribution < -0.4 is 0 Å². The van der Waals surface area contributed by atoms with Crippen molar-refractivity contribution in [1.29, 1.82) is 0 Å². The van der Waals surface area contributed by atoms with Crippen LogP contribution >= 0.6 is 0 Å². The van der Waals surface area contributed by atoms with Gasteiger partial charge in [-0.05, 0) is 97.4 Å². The number of aliphatic carboxylic acids is 1. The van der Waals surface area contributed by atoms with Gasteiger partial charge in [0, 0.05) is 5.92 Å². The topological polar surface area (TPSA) is 134 Å². The molecule has 5 rings (SSSR count). The van der Waals surface area contributed by atoms with Crippen molar-refractivity contribution in [3.63, 3.8) is 0 Å². The maximum absolute atomic E-state index is 12.7. The number of allylic oxidation sites excluding steroid dienone is 3. The number of hydrogen-bond acceptors (Lipinski definition) is 7. The molecule has 0 aromatic rings. The van der Waals surface area contributed by atoms with Crippen LogP contribution in [0.1, 0.15) is 99.8 Å². The molecule has 12 unspecified atom stereocenters. The number of aliphatic hydroxyl groups is 3. The van der Waals surface area contributed by atoms with Crippen LogP contribution in [0.15, 0.2) is 23.8 Å². The molecule has 1 aliphatic heterocycles. The van der Waals surface area contributed by atoms with Gasteiger partial charge in [0.15, 0.2) is 6.29 Å². The number of carboxylic acids is 1. The third kappa shape index (κ3) is 4.98. The van der Waals surface area contributed by atoms with E-state index in [0.717, 1.165) is 37.7 Å². The highest BCUT2D eigenvalue weighted by atomic mass is 16.7. The monoisotopic (exact) mass is 602 g/mol. The van der Waals surface area contributed by atoms with Crippen LogP contribution in [-0.2, 0) is 19.1 Å². The molecule has 0 aromatic heterocycles. The number of aliphatic hydroxyl groups excluding tert-OH is 3. The summed E-state index contributed by atoms with van der Waals surface area (Å²) >= 11 is 0. The van der Waals surface area contributed by atoms with Crippen LogP contribution in [0, 0.1) is 44.8 Å². The van der Waals surface area contributed by atoms with Crippen molar-refractivity contribution in [2.45, 2.75) is 131 Å². The van der Waals surface area contributed by atoms with E-state index in [9.17, 15) is 30.0 Å². The standard InChI is InChI=1S/C35H54O8/c1-20(21(2)36)10-15-35(30(40)41)17-16-33(6)22(18-35)8-9-25-32(5)13-12-26(31(3,4)24(32)11-14-34(25,33)7)43-29-28(39)27(38)23(37)19-42-29/h8-9,18,20,23-29,37-39H,10-17,19H2,1-7H3,(H,40,41). The van der Waals surface area contributed by atoms with E-state index in [0.29, 0.717) is 31.1 Å². The highest BCUT2D eigenvalue weighted by Crippen LogP contribution is 2.72. The summed E-state index contributed by atoms with van der Waals surface area (Å²) in [7, 11) is 0. The van der Waals surface area contributed by atoms with Gasteiger partial charge in [0.05, 0.1) is 18.1 Å². The Labute approximate surface area is 256 Å². The Morgan fingerprint density at radius 3 is 2.37 bits per heavy atom. The van der Waals surface area contributed by atoms with Crippen LogP contribution in [0.2, 0.25) is 0 Å². The second-order valence-corrected chi connectivity index (χ2v) is 16.0. The molecule has 5 aliphatic rings. The molecule has 4 N–H and O–H groups in total. The van der Waals surface area contributed by atoms with Crippen LogP contribution in [-0.4, -0.2) is 69.5 Å². The molecular weight excluding hydrogens is 548 g/mol. The average Bonchev–Trinajstić information content (AvgIpc) is 2.93. The van der Waals surface area contributed by atoms with Crippen molar-refractivity contribution < 1.29 is 39.5 Å². The van der Waals surface area contributed by atoms with E-state index >= 15 is 0 Å². The normalized spacial score (nSPS) is 47.9. The SMILES string of the molecule is CC(=O)C(C)CCC1(C(=O)O)C=C2C=CC3C4(C)CCC(OC5OCC(O)C(O)C5O)C(C)(C)C4CCC3(C)C2(C)CC1. The number of hydrogen-bond donors (Lipinski definition) is 4. The van der Waals surface area contributed by atoms with Gasteiger partial charge in [-0.25, -0.2) is 0 Å². The molecule has 3 fully saturated rings. The average molecular weight is 603 g/mol. The molecule has 0 radical (unpaired) electrons. The Kier molecular flexibility index (Phi) is 8.42. The fraction of sp³-hybridized carbons (Fsp3) is 0.829. The number of Topliss-reactive ketones (excluding diaryl/α,β-unsaturated/α-hetero) is 1. The maximum atomic E-state index is 12.7. The van der Waals surface area contributed by atoms with E-state index in [2.05, 4.69) is 46.8 Å². The van der Waals surface area contributed by atoms with Crippen LogP contribution in [0.3, 0.4) is 0 Å². The van der Waals surface area contributed by atoms with Gasteiger partial charge in [-0.1, -0.05) is 59.8 Å². The molecule has 242 valence electrons. The molecule has 1 saturated heterocycles. The Bertz CT molecular complexity index is 1180. The van der Waals surface area contributed by atoms with Gasteiger partial charge in [-0.15, -0.1) is 0 Å². The third-order valence-electron chi connectivity index (χ3n) is 13.6. The first-order valence-corrected chi connectivity index (χ1v) is 16.4. The van der Waals surface area contributed by atoms with Gasteiger partial charge in [0.1, 0.15) is 24.1 Å². The van der Waals surface area contributed by atoms with Crippen molar-refractivity contribution in [1.82, 2.24) is 0 Å². The summed E-state index contributed by atoms with van der Waals surface area (Å²) in [6.07, 6.45) is 7.98. The summed E-state index contributed by atoms with van der Waals surface area (Å²) < 4.78 is 12.0. The molecule has 8 nitrogen and oxygen atoms in total. The van der Waals surface area contributed by atoms with E-state index < -0.39 is 36.0 Å². The molecule has 2 saturated carbocycles. The Balaban J connectivity index is 1.42. The first-order chi connectivity index (χ1) is 19.9. The van der Waals surface area contributed by atoms with Gasteiger partial charge in [-0.3, -0.25) is 9.59 Å². The molecule has 8 heteroatoms. The molecular formula is C35H54O8. The van der Waals surface area contributed by atoms with Crippen LogP contribution in [0.5, 0.6) is 0 Å². The van der Waals surface area contributed by atoms with Crippen molar-refractivity contribution in [2.24, 2.45) is 44.8 Å². The highest BCUT2D eigenvalue weighted by molar-refractivity contribution is 5.79. The van der Waals surface area contributed by atoms with E-state index in [1.165, 1.54) is 0 Å². The third-order valence-corrected chi connectivity index (χ3v) is 13.6.